The predicted octanol–water partition coefficient (Wildman–Crippen LogP) is -7.06. The average Bonchev–Trinajstić information content (AvgIpc) is 1.88. The monoisotopic (exact) mass is 236 g/mol. The van der Waals surface area contributed by atoms with Crippen molar-refractivity contribution in [2.24, 2.45) is 0 Å². The predicted molar refractivity (Wildman–Crippen MR) is 41.9 cm³/mol. The van der Waals surface area contributed by atoms with E-state index < -0.39 is 24.1 Å². The zero-order valence-corrected chi connectivity index (χ0v) is 9.73. The van der Waals surface area contributed by atoms with E-state index in [4.69, 9.17) is 0 Å². The van der Waals surface area contributed by atoms with Crippen LogP contribution in [-0.2, 0) is 9.59 Å². The zero-order chi connectivity index (χ0) is 10.3. The van der Waals surface area contributed by atoms with Gasteiger partial charge in [0.05, 0.1) is 0 Å². The number of hydrogen-bond donors (Lipinski definition) is 0. The number of carboxylic acid groups (broad SMARTS) is 2. The fourth-order valence-corrected chi connectivity index (χ4v) is 0. The van der Waals surface area contributed by atoms with Gasteiger partial charge in [-0.1, -0.05) is 26.1 Å². The molecular weight excluding hydrogens is 224 g/mol. The number of carbonyl (C=O) groups is 2. The van der Waals surface area contributed by atoms with Crippen molar-refractivity contribution in [1.82, 2.24) is 0 Å². The second-order valence-corrected chi connectivity index (χ2v) is 1.92. The van der Waals surface area contributed by atoms with Gasteiger partial charge < -0.3 is 41.0 Å². The average molecular weight is 236 g/mol. The largest absolute Gasteiger partial charge is 2.00 e. The smallest absolute Gasteiger partial charge is 0.848 e. The molecular formula is C6H12MgO8-2. The Balaban J connectivity index is -0.0000000370. The number of carbonyl (C=O) groups excluding carboxylic acids is 2. The quantitative estimate of drug-likeness (QED) is 0.428. The molecule has 88 valence electrons. The van der Waals surface area contributed by atoms with Crippen LogP contribution >= 0.6 is 0 Å². The molecule has 4 N–H and O–H groups in total. The molecule has 0 bridgehead atoms. The summed E-state index contributed by atoms with van der Waals surface area (Å²) in [4.78, 5) is 18.6. The maximum Gasteiger partial charge on any atom is 2.00 e. The molecule has 2 unspecified atom stereocenters. The van der Waals surface area contributed by atoms with Crippen LogP contribution in [-0.4, -0.2) is 58.2 Å². The number of carboxylic acids is 2. The zero-order valence-electron chi connectivity index (χ0n) is 8.31. The van der Waals surface area contributed by atoms with Crippen molar-refractivity contribution in [3.05, 3.63) is 0 Å². The molecule has 0 amide bonds. The Kier molecular flexibility index (Phi) is 31.2. The third-order valence-corrected chi connectivity index (χ3v) is 0.664. The van der Waals surface area contributed by atoms with Crippen LogP contribution in [0.2, 0.25) is 0 Å². The van der Waals surface area contributed by atoms with Crippen LogP contribution in [0.1, 0.15) is 13.8 Å². The first-order chi connectivity index (χ1) is 5.29. The summed E-state index contributed by atoms with van der Waals surface area (Å²) in [7, 11) is 0. The third kappa shape index (κ3) is 31.7. The molecule has 0 spiro atoms. The minimum atomic E-state index is -1.59. The van der Waals surface area contributed by atoms with Crippen molar-refractivity contribution in [2.45, 2.75) is 26.1 Å². The SMILES string of the molecule is CC([O-])C(=O)[O-].CC([O-])C(=O)[O-].O.O.[Mg+2]. The van der Waals surface area contributed by atoms with E-state index in [1.807, 2.05) is 0 Å². The van der Waals surface area contributed by atoms with E-state index in [1.54, 1.807) is 0 Å². The summed E-state index contributed by atoms with van der Waals surface area (Å²) in [6.07, 6.45) is -3.19. The van der Waals surface area contributed by atoms with Crippen molar-refractivity contribution >= 4 is 35.0 Å². The molecule has 0 aromatic carbocycles. The molecule has 0 aliphatic heterocycles. The molecule has 0 aliphatic rings. The van der Waals surface area contributed by atoms with E-state index in [0.717, 1.165) is 13.8 Å². The molecule has 0 rings (SSSR count). The van der Waals surface area contributed by atoms with Crippen molar-refractivity contribution in [3.8, 4) is 0 Å². The summed E-state index contributed by atoms with van der Waals surface area (Å²) < 4.78 is 0. The Morgan fingerprint density at radius 1 is 0.867 bits per heavy atom. The van der Waals surface area contributed by atoms with Gasteiger partial charge in [-0.25, -0.2) is 0 Å². The number of hydrogen-bond acceptors (Lipinski definition) is 6. The fourth-order valence-electron chi connectivity index (χ4n) is 0. The Morgan fingerprint density at radius 2 is 0.933 bits per heavy atom. The van der Waals surface area contributed by atoms with Gasteiger partial charge in [0.1, 0.15) is 0 Å². The first kappa shape index (κ1) is 29.3. The van der Waals surface area contributed by atoms with Gasteiger partial charge in [0, 0.05) is 11.9 Å². The van der Waals surface area contributed by atoms with Crippen LogP contribution in [0.5, 0.6) is 0 Å². The van der Waals surface area contributed by atoms with Gasteiger partial charge in [0.2, 0.25) is 0 Å². The van der Waals surface area contributed by atoms with Gasteiger partial charge >= 0.3 is 23.1 Å². The molecule has 9 heteroatoms. The molecule has 0 heterocycles. The fraction of sp³-hybridized carbons (Fsp3) is 0.667. The Morgan fingerprint density at radius 3 is 0.933 bits per heavy atom. The summed E-state index contributed by atoms with van der Waals surface area (Å²) in [5.41, 5.74) is 0. The van der Waals surface area contributed by atoms with Crippen molar-refractivity contribution in [2.75, 3.05) is 0 Å². The van der Waals surface area contributed by atoms with Crippen LogP contribution in [0.3, 0.4) is 0 Å². The summed E-state index contributed by atoms with van der Waals surface area (Å²) in [5.74, 6) is -3.09. The van der Waals surface area contributed by atoms with E-state index in [0.29, 0.717) is 0 Å². The second kappa shape index (κ2) is 16.0. The minimum absolute atomic E-state index is 0. The number of rotatable bonds is 2. The van der Waals surface area contributed by atoms with Crippen molar-refractivity contribution in [1.29, 1.82) is 0 Å². The Bertz CT molecular complexity index is 139. The molecule has 8 nitrogen and oxygen atoms in total. The van der Waals surface area contributed by atoms with Gasteiger partial charge in [-0.15, -0.1) is 0 Å². The molecule has 2 atom stereocenters. The molecule has 0 aromatic rings. The summed E-state index contributed by atoms with van der Waals surface area (Å²) in [6, 6.07) is 0. The summed E-state index contributed by atoms with van der Waals surface area (Å²) in [6.45, 7) is 2.05. The van der Waals surface area contributed by atoms with Crippen molar-refractivity contribution in [3.63, 3.8) is 0 Å². The summed E-state index contributed by atoms with van der Waals surface area (Å²) in [5, 5.41) is 37.7. The van der Waals surface area contributed by atoms with Crippen LogP contribution < -0.4 is 20.4 Å². The maximum atomic E-state index is 9.56. The normalized spacial score (nSPS) is 10.9. The molecule has 0 aliphatic carbocycles. The topological polar surface area (TPSA) is 189 Å². The van der Waals surface area contributed by atoms with Gasteiger partial charge in [0.15, 0.2) is 0 Å². The second-order valence-electron chi connectivity index (χ2n) is 1.92. The third-order valence-electron chi connectivity index (χ3n) is 0.664. The standard InChI is InChI=1S/2C3H5O3.Mg.2H2O/c2*1-2(4)3(5)6;;;/h2*2H,1H3,(H,5,6);;2*1H2/q2*-1;+2;;/p-2. The molecule has 0 aromatic heterocycles. The van der Waals surface area contributed by atoms with Crippen LogP contribution in [0, 0.1) is 0 Å². The molecule has 0 radical (unpaired) electrons. The summed E-state index contributed by atoms with van der Waals surface area (Å²) >= 11 is 0. The van der Waals surface area contributed by atoms with E-state index >= 15 is 0 Å². The van der Waals surface area contributed by atoms with Crippen LogP contribution in [0.25, 0.3) is 0 Å². The Labute approximate surface area is 102 Å². The van der Waals surface area contributed by atoms with E-state index in [-0.39, 0.29) is 34.0 Å². The van der Waals surface area contributed by atoms with Gasteiger partial charge in [-0.2, -0.15) is 0 Å². The van der Waals surface area contributed by atoms with E-state index in [1.165, 1.54) is 0 Å². The first-order valence-electron chi connectivity index (χ1n) is 3.02. The minimum Gasteiger partial charge on any atom is -0.848 e. The molecule has 0 saturated carbocycles. The van der Waals surface area contributed by atoms with Crippen LogP contribution in [0.4, 0.5) is 0 Å². The van der Waals surface area contributed by atoms with Gasteiger partial charge in [0.25, 0.3) is 0 Å². The van der Waals surface area contributed by atoms with Gasteiger partial charge in [-0.05, 0) is 0 Å². The van der Waals surface area contributed by atoms with E-state index in [9.17, 15) is 30.0 Å². The van der Waals surface area contributed by atoms with Crippen molar-refractivity contribution < 1.29 is 41.0 Å². The number of aliphatic carboxylic acids is 2. The molecule has 0 fully saturated rings. The Hall–Kier alpha value is -0.454. The van der Waals surface area contributed by atoms with E-state index in [2.05, 4.69) is 0 Å². The van der Waals surface area contributed by atoms with Crippen LogP contribution in [0.15, 0.2) is 0 Å². The van der Waals surface area contributed by atoms with Gasteiger partial charge in [-0.3, -0.25) is 0 Å². The first-order valence-corrected chi connectivity index (χ1v) is 3.02. The molecule has 15 heavy (non-hydrogen) atoms. The maximum absolute atomic E-state index is 9.56. The molecule has 0 saturated heterocycles.